The van der Waals surface area contributed by atoms with Crippen molar-refractivity contribution in [2.24, 2.45) is 0 Å². The number of amides is 1. The van der Waals surface area contributed by atoms with E-state index in [4.69, 9.17) is 4.74 Å². The van der Waals surface area contributed by atoms with E-state index in [2.05, 4.69) is 17.2 Å². The molecule has 7 heteroatoms. The van der Waals surface area contributed by atoms with Crippen LogP contribution in [0.5, 0.6) is 5.75 Å². The first-order chi connectivity index (χ1) is 10.4. The normalized spacial score (nSPS) is 11.1. The first kappa shape index (κ1) is 18.0. The molecule has 0 aliphatic carbocycles. The van der Waals surface area contributed by atoms with Crippen LogP contribution < -0.4 is 15.4 Å². The molecule has 0 unspecified atom stereocenters. The van der Waals surface area contributed by atoms with Crippen LogP contribution >= 0.6 is 0 Å². The predicted molar refractivity (Wildman–Crippen MR) is 78.0 cm³/mol. The lowest BCUT2D eigenvalue weighted by molar-refractivity contribution is -0.137. The van der Waals surface area contributed by atoms with Gasteiger partial charge in [0.1, 0.15) is 12.4 Å². The molecule has 0 radical (unpaired) electrons. The Bertz CT molecular complexity index is 516. The summed E-state index contributed by atoms with van der Waals surface area (Å²) in [6.45, 7) is 7.06. The number of alkyl halides is 3. The monoisotopic (exact) mass is 316 g/mol. The van der Waals surface area contributed by atoms with Crippen LogP contribution in [0.3, 0.4) is 0 Å². The summed E-state index contributed by atoms with van der Waals surface area (Å²) in [5.74, 6) is -0.517. The first-order valence-electron chi connectivity index (χ1n) is 6.84. The second kappa shape index (κ2) is 8.43. The van der Waals surface area contributed by atoms with Gasteiger partial charge < -0.3 is 15.4 Å². The summed E-state index contributed by atoms with van der Waals surface area (Å²) in [6, 6.07) is 2.82. The average Bonchev–Trinajstić information content (AvgIpc) is 2.48. The Labute approximate surface area is 127 Å². The minimum Gasteiger partial charge on any atom is -0.489 e. The van der Waals surface area contributed by atoms with Gasteiger partial charge in [-0.25, -0.2) is 0 Å². The summed E-state index contributed by atoms with van der Waals surface area (Å²) < 4.78 is 43.5. The molecule has 22 heavy (non-hydrogen) atoms. The SMILES string of the molecule is C=CCOc1ccc(C(F)(F)F)cc1C(=O)NCCNCC. The number of hydrogen-bond donors (Lipinski definition) is 2. The molecule has 0 saturated carbocycles. The van der Waals surface area contributed by atoms with Crippen LogP contribution in [0.2, 0.25) is 0 Å². The largest absolute Gasteiger partial charge is 0.489 e. The summed E-state index contributed by atoms with van der Waals surface area (Å²) in [6.07, 6.45) is -3.07. The van der Waals surface area contributed by atoms with Crippen molar-refractivity contribution in [1.29, 1.82) is 0 Å². The number of hydrogen-bond acceptors (Lipinski definition) is 3. The molecule has 0 spiro atoms. The summed E-state index contributed by atoms with van der Waals surface area (Å²) >= 11 is 0. The average molecular weight is 316 g/mol. The molecule has 4 nitrogen and oxygen atoms in total. The fourth-order valence-corrected chi connectivity index (χ4v) is 1.69. The van der Waals surface area contributed by atoms with Gasteiger partial charge in [0.25, 0.3) is 5.91 Å². The number of nitrogens with one attached hydrogen (secondary N) is 2. The van der Waals surface area contributed by atoms with E-state index in [0.717, 1.165) is 24.7 Å². The third-order valence-electron chi connectivity index (χ3n) is 2.75. The number of likely N-dealkylation sites (N-methyl/N-ethyl adjacent to an activating group) is 1. The van der Waals surface area contributed by atoms with Gasteiger partial charge in [-0.2, -0.15) is 13.2 Å². The lowest BCUT2D eigenvalue weighted by Gasteiger charge is -2.14. The molecule has 0 heterocycles. The van der Waals surface area contributed by atoms with Gasteiger partial charge in [0.05, 0.1) is 11.1 Å². The van der Waals surface area contributed by atoms with Crippen molar-refractivity contribution in [2.45, 2.75) is 13.1 Å². The highest BCUT2D eigenvalue weighted by Crippen LogP contribution is 2.32. The summed E-state index contributed by atoms with van der Waals surface area (Å²) in [5.41, 5.74) is -1.04. The zero-order valence-electron chi connectivity index (χ0n) is 12.3. The highest BCUT2D eigenvalue weighted by atomic mass is 19.4. The van der Waals surface area contributed by atoms with Gasteiger partial charge in [-0.3, -0.25) is 4.79 Å². The molecule has 1 rings (SSSR count). The van der Waals surface area contributed by atoms with E-state index in [-0.39, 0.29) is 17.9 Å². The van der Waals surface area contributed by atoms with E-state index in [9.17, 15) is 18.0 Å². The summed E-state index contributed by atoms with van der Waals surface area (Å²) in [7, 11) is 0. The molecule has 2 N–H and O–H groups in total. The lowest BCUT2D eigenvalue weighted by Crippen LogP contribution is -2.32. The van der Waals surface area contributed by atoms with Gasteiger partial charge in [0.15, 0.2) is 0 Å². The molecule has 0 bridgehead atoms. The van der Waals surface area contributed by atoms with Crippen molar-refractivity contribution in [3.05, 3.63) is 42.0 Å². The molecule has 0 aliphatic rings. The Balaban J connectivity index is 2.94. The van der Waals surface area contributed by atoms with Crippen molar-refractivity contribution in [3.8, 4) is 5.75 Å². The maximum atomic E-state index is 12.8. The van der Waals surface area contributed by atoms with Crippen molar-refractivity contribution >= 4 is 5.91 Å². The van der Waals surface area contributed by atoms with Gasteiger partial charge in [0.2, 0.25) is 0 Å². The summed E-state index contributed by atoms with van der Waals surface area (Å²) in [5, 5.41) is 5.56. The van der Waals surface area contributed by atoms with Gasteiger partial charge in [-0.1, -0.05) is 19.6 Å². The van der Waals surface area contributed by atoms with Crippen LogP contribution in [0.15, 0.2) is 30.9 Å². The minimum absolute atomic E-state index is 0.0915. The maximum absolute atomic E-state index is 12.8. The predicted octanol–water partition coefficient (Wildman–Crippen LogP) is 2.61. The quantitative estimate of drug-likeness (QED) is 0.572. The second-order valence-corrected chi connectivity index (χ2v) is 4.42. The third-order valence-corrected chi connectivity index (χ3v) is 2.75. The molecule has 122 valence electrons. The molecule has 0 aliphatic heterocycles. The van der Waals surface area contributed by atoms with E-state index < -0.39 is 17.6 Å². The molecule has 1 aromatic rings. The van der Waals surface area contributed by atoms with Crippen molar-refractivity contribution < 1.29 is 22.7 Å². The molecule has 0 aromatic heterocycles. The second-order valence-electron chi connectivity index (χ2n) is 4.42. The molecule has 1 amide bonds. The van der Waals surface area contributed by atoms with E-state index >= 15 is 0 Å². The molecule has 1 aromatic carbocycles. The number of rotatable bonds is 8. The van der Waals surface area contributed by atoms with Gasteiger partial charge in [0, 0.05) is 13.1 Å². The van der Waals surface area contributed by atoms with Crippen LogP contribution in [0.1, 0.15) is 22.8 Å². The fraction of sp³-hybridized carbons (Fsp3) is 0.400. The minimum atomic E-state index is -4.52. The summed E-state index contributed by atoms with van der Waals surface area (Å²) in [4.78, 5) is 12.1. The van der Waals surface area contributed by atoms with E-state index in [1.165, 1.54) is 6.08 Å². The molecule has 0 atom stereocenters. The topological polar surface area (TPSA) is 50.4 Å². The van der Waals surface area contributed by atoms with Crippen molar-refractivity contribution in [2.75, 3.05) is 26.2 Å². The molecular weight excluding hydrogens is 297 g/mol. The van der Waals surface area contributed by atoms with Gasteiger partial charge >= 0.3 is 6.18 Å². The maximum Gasteiger partial charge on any atom is 0.416 e. The number of carbonyl (C=O) groups is 1. The van der Waals surface area contributed by atoms with E-state index in [0.29, 0.717) is 13.1 Å². The Hall–Kier alpha value is -2.02. The lowest BCUT2D eigenvalue weighted by atomic mass is 10.1. The number of carbonyl (C=O) groups excluding carboxylic acids is 1. The number of benzene rings is 1. The zero-order valence-corrected chi connectivity index (χ0v) is 12.3. The zero-order chi connectivity index (χ0) is 16.6. The van der Waals surface area contributed by atoms with Crippen molar-refractivity contribution in [1.82, 2.24) is 10.6 Å². The smallest absolute Gasteiger partial charge is 0.416 e. The molecule has 0 saturated heterocycles. The standard InChI is InChI=1S/C15H19F3N2O2/c1-3-9-22-13-6-5-11(15(16,17)18)10-12(13)14(21)20-8-7-19-4-2/h3,5-6,10,19H,1,4,7-9H2,2H3,(H,20,21). The first-order valence-corrected chi connectivity index (χ1v) is 6.84. The van der Waals surface area contributed by atoms with Crippen LogP contribution in [-0.4, -0.2) is 32.1 Å². The molecular formula is C15H19F3N2O2. The molecule has 0 fully saturated rings. The van der Waals surface area contributed by atoms with Crippen LogP contribution in [-0.2, 0) is 6.18 Å². The third kappa shape index (κ3) is 5.40. The highest BCUT2D eigenvalue weighted by molar-refractivity contribution is 5.97. The van der Waals surface area contributed by atoms with Crippen LogP contribution in [0, 0.1) is 0 Å². The van der Waals surface area contributed by atoms with Crippen LogP contribution in [0.4, 0.5) is 13.2 Å². The fourth-order valence-electron chi connectivity index (χ4n) is 1.69. The van der Waals surface area contributed by atoms with Gasteiger partial charge in [-0.15, -0.1) is 0 Å². The number of halogens is 3. The highest BCUT2D eigenvalue weighted by Gasteiger charge is 2.32. The Morgan fingerprint density at radius 3 is 2.68 bits per heavy atom. The van der Waals surface area contributed by atoms with Crippen molar-refractivity contribution in [3.63, 3.8) is 0 Å². The Morgan fingerprint density at radius 1 is 1.36 bits per heavy atom. The Morgan fingerprint density at radius 2 is 2.09 bits per heavy atom. The van der Waals surface area contributed by atoms with Crippen LogP contribution in [0.25, 0.3) is 0 Å². The Kier molecular flexibility index (Phi) is 6.91. The number of ether oxygens (including phenoxy) is 1. The van der Waals surface area contributed by atoms with E-state index in [1.807, 2.05) is 6.92 Å². The van der Waals surface area contributed by atoms with Gasteiger partial charge in [-0.05, 0) is 24.7 Å². The van der Waals surface area contributed by atoms with E-state index in [1.54, 1.807) is 0 Å².